The summed E-state index contributed by atoms with van der Waals surface area (Å²) in [6.07, 6.45) is 4.65. The van der Waals surface area contributed by atoms with Gasteiger partial charge in [-0.25, -0.2) is 8.42 Å². The molecule has 2 heterocycles. The Labute approximate surface area is 166 Å². The first-order valence-corrected chi connectivity index (χ1v) is 11.1. The van der Waals surface area contributed by atoms with Crippen LogP contribution in [0.4, 0.5) is 0 Å². The van der Waals surface area contributed by atoms with Crippen molar-refractivity contribution in [3.05, 3.63) is 41.6 Å². The van der Waals surface area contributed by atoms with Gasteiger partial charge in [0.1, 0.15) is 11.6 Å². The second-order valence-electron chi connectivity index (χ2n) is 7.26. The van der Waals surface area contributed by atoms with Crippen LogP contribution < -0.4 is 0 Å². The maximum Gasteiger partial charge on any atom is 0.266 e. The van der Waals surface area contributed by atoms with Crippen LogP contribution in [0.25, 0.3) is 0 Å². The largest absolute Gasteiger partial charge is 0.373 e. The minimum Gasteiger partial charge on any atom is -0.373 e. The minimum atomic E-state index is -3.52. The number of rotatable bonds is 4. The lowest BCUT2D eigenvalue weighted by atomic mass is 10.1. The molecule has 3 rings (SSSR count). The molecule has 2 aliphatic heterocycles. The normalized spacial score (nSPS) is 19.4. The number of hydrogen-bond donors (Lipinski definition) is 0. The number of carbonyl (C=O) groups excluding carboxylic acids is 1. The first-order chi connectivity index (χ1) is 13.4. The van der Waals surface area contributed by atoms with Crippen LogP contribution in [0.3, 0.4) is 0 Å². The molecule has 28 heavy (non-hydrogen) atoms. The van der Waals surface area contributed by atoms with Crippen LogP contribution in [0.1, 0.15) is 24.8 Å². The highest BCUT2D eigenvalue weighted by Gasteiger charge is 2.28. The fraction of sp³-hybridized carbons (Fsp3) is 0.500. The Morgan fingerprint density at radius 2 is 1.61 bits per heavy atom. The Bertz CT molecular complexity index is 873. The van der Waals surface area contributed by atoms with Gasteiger partial charge in [-0.05, 0) is 38.3 Å². The number of aryl methyl sites for hydroxylation is 1. The number of nitriles is 1. The van der Waals surface area contributed by atoms with E-state index in [0.29, 0.717) is 44.2 Å². The van der Waals surface area contributed by atoms with Crippen LogP contribution in [0.2, 0.25) is 0 Å². The number of amides is 1. The smallest absolute Gasteiger partial charge is 0.266 e. The van der Waals surface area contributed by atoms with Crippen LogP contribution in [-0.4, -0.2) is 67.7 Å². The predicted molar refractivity (Wildman–Crippen MR) is 106 cm³/mol. The van der Waals surface area contributed by atoms with E-state index in [2.05, 4.69) is 0 Å². The van der Waals surface area contributed by atoms with Crippen molar-refractivity contribution in [2.24, 2.45) is 0 Å². The zero-order valence-corrected chi connectivity index (χ0v) is 17.0. The van der Waals surface area contributed by atoms with Gasteiger partial charge in [-0.1, -0.05) is 17.7 Å². The third-order valence-electron chi connectivity index (χ3n) is 5.24. The van der Waals surface area contributed by atoms with Crippen molar-refractivity contribution in [2.45, 2.75) is 31.1 Å². The molecule has 1 amide bonds. The van der Waals surface area contributed by atoms with Crippen molar-refractivity contribution < 1.29 is 13.2 Å². The molecular weight excluding hydrogens is 376 g/mol. The van der Waals surface area contributed by atoms with Gasteiger partial charge in [0.25, 0.3) is 5.91 Å². The maximum absolute atomic E-state index is 12.8. The van der Waals surface area contributed by atoms with E-state index >= 15 is 0 Å². The van der Waals surface area contributed by atoms with Crippen molar-refractivity contribution in [3.63, 3.8) is 0 Å². The highest BCUT2D eigenvalue weighted by molar-refractivity contribution is 7.89. The average Bonchev–Trinajstić information content (AvgIpc) is 2.73. The Morgan fingerprint density at radius 3 is 2.18 bits per heavy atom. The average molecular weight is 403 g/mol. The SMILES string of the molecule is Cc1ccc(S(=O)(=O)N2CCN(/C=C(/C#N)C(=O)N3CCCCC3)CC2)cc1. The molecule has 2 fully saturated rings. The maximum atomic E-state index is 12.8. The standard InChI is InChI=1S/C20H26N4O3S/c1-17-5-7-19(8-6-17)28(26,27)24-13-11-22(12-14-24)16-18(15-21)20(25)23-9-3-2-4-10-23/h5-8,16H,2-4,9-14H2,1H3/b18-16-. The lowest BCUT2D eigenvalue weighted by Crippen LogP contribution is -2.47. The molecule has 1 aromatic rings. The highest BCUT2D eigenvalue weighted by atomic mass is 32.2. The summed E-state index contributed by atoms with van der Waals surface area (Å²) >= 11 is 0. The molecule has 0 aliphatic carbocycles. The molecule has 150 valence electrons. The molecule has 0 atom stereocenters. The zero-order valence-electron chi connectivity index (χ0n) is 16.2. The van der Waals surface area contributed by atoms with E-state index in [1.54, 1.807) is 35.4 Å². The molecular formula is C20H26N4O3S. The molecule has 0 aromatic heterocycles. The molecule has 0 bridgehead atoms. The summed E-state index contributed by atoms with van der Waals surface area (Å²) in [5.74, 6) is -0.225. The molecule has 0 radical (unpaired) electrons. The van der Waals surface area contributed by atoms with Crippen molar-refractivity contribution in [2.75, 3.05) is 39.3 Å². The Morgan fingerprint density at radius 1 is 1.00 bits per heavy atom. The summed E-state index contributed by atoms with van der Waals surface area (Å²) in [6.45, 7) is 4.85. The van der Waals surface area contributed by atoms with E-state index < -0.39 is 10.0 Å². The van der Waals surface area contributed by atoms with E-state index in [-0.39, 0.29) is 11.5 Å². The number of carbonyl (C=O) groups is 1. The topological polar surface area (TPSA) is 84.7 Å². The molecule has 0 spiro atoms. The summed E-state index contributed by atoms with van der Waals surface area (Å²) in [4.78, 5) is 16.4. The first kappa shape index (κ1) is 20.4. The van der Waals surface area contributed by atoms with Gasteiger partial charge >= 0.3 is 0 Å². The van der Waals surface area contributed by atoms with E-state index in [9.17, 15) is 18.5 Å². The Kier molecular flexibility index (Phi) is 6.37. The molecule has 2 aliphatic rings. The second kappa shape index (κ2) is 8.76. The van der Waals surface area contributed by atoms with Crippen LogP contribution in [0.15, 0.2) is 40.9 Å². The fourth-order valence-electron chi connectivity index (χ4n) is 3.51. The summed E-state index contributed by atoms with van der Waals surface area (Å²) in [7, 11) is -3.52. The van der Waals surface area contributed by atoms with Crippen molar-refractivity contribution in [1.29, 1.82) is 5.26 Å². The fourth-order valence-corrected chi connectivity index (χ4v) is 4.94. The van der Waals surface area contributed by atoms with Gasteiger partial charge < -0.3 is 9.80 Å². The predicted octanol–water partition coefficient (Wildman–Crippen LogP) is 1.72. The molecule has 0 saturated carbocycles. The molecule has 8 heteroatoms. The Balaban J connectivity index is 1.64. The summed E-state index contributed by atoms with van der Waals surface area (Å²) in [5, 5.41) is 9.41. The van der Waals surface area contributed by atoms with Crippen molar-refractivity contribution >= 4 is 15.9 Å². The number of nitrogens with zero attached hydrogens (tertiary/aromatic N) is 4. The lowest BCUT2D eigenvalue weighted by Gasteiger charge is -2.34. The summed E-state index contributed by atoms with van der Waals surface area (Å²) < 4.78 is 27.0. The summed E-state index contributed by atoms with van der Waals surface area (Å²) in [6, 6.07) is 8.85. The van der Waals surface area contributed by atoms with E-state index in [4.69, 9.17) is 0 Å². The van der Waals surface area contributed by atoms with Gasteiger partial charge in [-0.2, -0.15) is 9.57 Å². The number of hydrogen-bond acceptors (Lipinski definition) is 5. The van der Waals surface area contributed by atoms with Crippen LogP contribution in [-0.2, 0) is 14.8 Å². The van der Waals surface area contributed by atoms with Gasteiger partial charge in [-0.15, -0.1) is 0 Å². The quantitative estimate of drug-likeness (QED) is 0.566. The number of sulfonamides is 1. The van der Waals surface area contributed by atoms with Gasteiger partial charge in [-0.3, -0.25) is 4.79 Å². The van der Waals surface area contributed by atoms with Gasteiger partial charge in [0.15, 0.2) is 0 Å². The van der Waals surface area contributed by atoms with Crippen molar-refractivity contribution in [3.8, 4) is 6.07 Å². The molecule has 1 aromatic carbocycles. The Hall–Kier alpha value is -2.37. The van der Waals surface area contributed by atoms with Gasteiger partial charge in [0.2, 0.25) is 10.0 Å². The van der Waals surface area contributed by atoms with Gasteiger partial charge in [0, 0.05) is 45.5 Å². The summed E-state index contributed by atoms with van der Waals surface area (Å²) in [5.41, 5.74) is 1.13. The van der Waals surface area contributed by atoms with Crippen LogP contribution in [0.5, 0.6) is 0 Å². The second-order valence-corrected chi connectivity index (χ2v) is 9.20. The molecule has 7 nitrogen and oxygen atoms in total. The monoisotopic (exact) mass is 402 g/mol. The zero-order chi connectivity index (χ0) is 20.1. The van der Waals surface area contributed by atoms with Crippen LogP contribution in [0, 0.1) is 18.3 Å². The third-order valence-corrected chi connectivity index (χ3v) is 7.15. The molecule has 2 saturated heterocycles. The van der Waals surface area contributed by atoms with E-state index in [0.717, 1.165) is 24.8 Å². The van der Waals surface area contributed by atoms with Crippen molar-refractivity contribution in [1.82, 2.24) is 14.1 Å². The number of benzene rings is 1. The highest BCUT2D eigenvalue weighted by Crippen LogP contribution is 2.19. The lowest BCUT2D eigenvalue weighted by molar-refractivity contribution is -0.127. The third kappa shape index (κ3) is 4.54. The first-order valence-electron chi connectivity index (χ1n) is 9.64. The van der Waals surface area contributed by atoms with Crippen LogP contribution >= 0.6 is 0 Å². The van der Waals surface area contributed by atoms with E-state index in [1.165, 1.54) is 4.31 Å². The number of piperidine rings is 1. The van der Waals surface area contributed by atoms with Gasteiger partial charge in [0.05, 0.1) is 4.90 Å². The molecule has 0 unspecified atom stereocenters. The number of piperazine rings is 1. The molecule has 0 N–H and O–H groups in total. The minimum absolute atomic E-state index is 0.122. The van der Waals surface area contributed by atoms with E-state index in [1.807, 2.05) is 17.9 Å². The number of likely N-dealkylation sites (tertiary alicyclic amines) is 1.